The Morgan fingerprint density at radius 1 is 1.33 bits per heavy atom. The fourth-order valence-electron chi connectivity index (χ4n) is 1.66. The van der Waals surface area contributed by atoms with Crippen LogP contribution in [0.15, 0.2) is 24.3 Å². The molecule has 21 heavy (non-hydrogen) atoms. The van der Waals surface area contributed by atoms with Crippen molar-refractivity contribution in [2.75, 3.05) is 13.7 Å². The Morgan fingerprint density at radius 3 is 2.62 bits per heavy atom. The number of carbonyl (C=O) groups is 3. The van der Waals surface area contributed by atoms with Gasteiger partial charge in [0.1, 0.15) is 11.8 Å². The van der Waals surface area contributed by atoms with Gasteiger partial charge in [0.25, 0.3) is 5.91 Å². The highest BCUT2D eigenvalue weighted by Crippen LogP contribution is 2.14. The number of nitrogens with two attached hydrogens (primary N) is 1. The molecule has 0 aliphatic carbocycles. The van der Waals surface area contributed by atoms with Crippen LogP contribution < -0.4 is 15.8 Å². The van der Waals surface area contributed by atoms with Gasteiger partial charge in [-0.15, -0.1) is 0 Å². The first-order valence-electron chi connectivity index (χ1n) is 6.27. The smallest absolute Gasteiger partial charge is 0.303 e. The molecule has 0 bridgehead atoms. The molecular weight excluding hydrogens is 276 g/mol. The summed E-state index contributed by atoms with van der Waals surface area (Å²) in [6.07, 6.45) is 0.221. The Labute approximate surface area is 122 Å². The number of primary amides is 1. The first-order chi connectivity index (χ1) is 9.92. The fourth-order valence-corrected chi connectivity index (χ4v) is 1.66. The zero-order valence-electron chi connectivity index (χ0n) is 11.9. The molecule has 0 aliphatic rings. The number of methoxy groups -OCH3 is 1. The zero-order valence-corrected chi connectivity index (χ0v) is 11.9. The lowest BCUT2D eigenvalue weighted by Crippen LogP contribution is -2.47. The number of amides is 2. The van der Waals surface area contributed by atoms with E-state index in [0.717, 1.165) is 5.56 Å². The molecule has 0 unspecified atom stereocenters. The molecule has 0 heterocycles. The van der Waals surface area contributed by atoms with Gasteiger partial charge in [0.05, 0.1) is 7.11 Å². The summed E-state index contributed by atoms with van der Waals surface area (Å²) in [6.45, 7) is 0.742. The number of esters is 1. The van der Waals surface area contributed by atoms with E-state index in [9.17, 15) is 14.4 Å². The lowest BCUT2D eigenvalue weighted by molar-refractivity contribution is -0.146. The SMILES string of the molecule is COc1cccc(C[C@H](NC(=O)COC(C)=O)C(N)=O)c1. The van der Waals surface area contributed by atoms with E-state index in [1.54, 1.807) is 24.3 Å². The number of benzene rings is 1. The second-order valence-electron chi connectivity index (χ2n) is 4.36. The standard InChI is InChI=1S/C14H18N2O5/c1-9(17)21-8-13(18)16-12(14(15)19)7-10-4-3-5-11(6-10)20-2/h3-6,12H,7-8H2,1-2H3,(H2,15,19)(H,16,18)/t12-/m0/s1. The summed E-state index contributed by atoms with van der Waals surface area (Å²) in [7, 11) is 1.53. The molecule has 2 amide bonds. The molecule has 0 spiro atoms. The molecule has 0 aliphatic heterocycles. The van der Waals surface area contributed by atoms with E-state index in [1.165, 1.54) is 14.0 Å². The summed E-state index contributed by atoms with van der Waals surface area (Å²) >= 11 is 0. The molecule has 1 aromatic rings. The lowest BCUT2D eigenvalue weighted by atomic mass is 10.1. The number of rotatable bonds is 7. The van der Waals surface area contributed by atoms with Crippen LogP contribution in [-0.2, 0) is 25.5 Å². The maximum absolute atomic E-state index is 11.6. The van der Waals surface area contributed by atoms with E-state index in [-0.39, 0.29) is 6.42 Å². The van der Waals surface area contributed by atoms with Gasteiger partial charge in [-0.05, 0) is 17.7 Å². The van der Waals surface area contributed by atoms with Crippen LogP contribution in [0.2, 0.25) is 0 Å². The normalized spacial score (nSPS) is 11.3. The van der Waals surface area contributed by atoms with E-state index in [2.05, 4.69) is 10.1 Å². The summed E-state index contributed by atoms with van der Waals surface area (Å²) in [6, 6.07) is 6.18. The van der Waals surface area contributed by atoms with Gasteiger partial charge in [-0.3, -0.25) is 14.4 Å². The van der Waals surface area contributed by atoms with Crippen molar-refractivity contribution in [3.8, 4) is 5.75 Å². The minimum Gasteiger partial charge on any atom is -0.497 e. The van der Waals surface area contributed by atoms with Crippen LogP contribution in [0.3, 0.4) is 0 Å². The van der Waals surface area contributed by atoms with Gasteiger partial charge >= 0.3 is 5.97 Å². The summed E-state index contributed by atoms with van der Waals surface area (Å²) in [5.41, 5.74) is 6.05. The zero-order chi connectivity index (χ0) is 15.8. The third-order valence-electron chi connectivity index (χ3n) is 2.66. The summed E-state index contributed by atoms with van der Waals surface area (Å²) in [5, 5.41) is 2.43. The first-order valence-corrected chi connectivity index (χ1v) is 6.27. The van der Waals surface area contributed by atoms with Crippen molar-refractivity contribution in [3.63, 3.8) is 0 Å². The van der Waals surface area contributed by atoms with Gasteiger partial charge in [-0.1, -0.05) is 12.1 Å². The molecule has 0 aromatic heterocycles. The van der Waals surface area contributed by atoms with Crippen molar-refractivity contribution < 1.29 is 23.9 Å². The Morgan fingerprint density at radius 2 is 2.05 bits per heavy atom. The maximum Gasteiger partial charge on any atom is 0.303 e. The Balaban J connectivity index is 2.67. The quantitative estimate of drug-likeness (QED) is 0.675. The molecule has 7 heteroatoms. The van der Waals surface area contributed by atoms with E-state index in [4.69, 9.17) is 10.5 Å². The van der Waals surface area contributed by atoms with Crippen LogP contribution in [0.4, 0.5) is 0 Å². The molecule has 1 aromatic carbocycles. The predicted molar refractivity (Wildman–Crippen MR) is 74.5 cm³/mol. The van der Waals surface area contributed by atoms with Crippen LogP contribution in [0, 0.1) is 0 Å². The third-order valence-corrected chi connectivity index (χ3v) is 2.66. The Kier molecular flexibility index (Phi) is 6.19. The van der Waals surface area contributed by atoms with Gasteiger partial charge in [0.15, 0.2) is 6.61 Å². The summed E-state index contributed by atoms with van der Waals surface area (Å²) in [5.74, 6) is -1.19. The number of nitrogens with one attached hydrogen (secondary N) is 1. The van der Waals surface area contributed by atoms with Crippen molar-refractivity contribution >= 4 is 17.8 Å². The number of hydrogen-bond acceptors (Lipinski definition) is 5. The van der Waals surface area contributed by atoms with Gasteiger partial charge in [-0.2, -0.15) is 0 Å². The second kappa shape index (κ2) is 7.88. The molecule has 1 atom stereocenters. The van der Waals surface area contributed by atoms with Crippen molar-refractivity contribution in [1.29, 1.82) is 0 Å². The molecule has 114 valence electrons. The molecule has 7 nitrogen and oxygen atoms in total. The van der Waals surface area contributed by atoms with Gasteiger partial charge in [0, 0.05) is 13.3 Å². The molecule has 0 saturated heterocycles. The van der Waals surface area contributed by atoms with E-state index >= 15 is 0 Å². The molecule has 0 radical (unpaired) electrons. The minimum absolute atomic E-state index is 0.221. The summed E-state index contributed by atoms with van der Waals surface area (Å²) in [4.78, 5) is 33.6. The van der Waals surface area contributed by atoms with Gasteiger partial charge in [-0.25, -0.2) is 0 Å². The fraction of sp³-hybridized carbons (Fsp3) is 0.357. The first kappa shape index (κ1) is 16.5. The molecule has 3 N–H and O–H groups in total. The second-order valence-corrected chi connectivity index (χ2v) is 4.36. The van der Waals surface area contributed by atoms with Gasteiger partial charge in [0.2, 0.25) is 5.91 Å². The monoisotopic (exact) mass is 294 g/mol. The Bertz CT molecular complexity index is 530. The van der Waals surface area contributed by atoms with Crippen LogP contribution in [0.1, 0.15) is 12.5 Å². The third kappa shape index (κ3) is 5.94. The lowest BCUT2D eigenvalue weighted by Gasteiger charge is -2.16. The highest BCUT2D eigenvalue weighted by molar-refractivity contribution is 5.88. The average molecular weight is 294 g/mol. The number of carbonyl (C=O) groups excluding carboxylic acids is 3. The van der Waals surface area contributed by atoms with Crippen LogP contribution in [0.5, 0.6) is 5.75 Å². The number of ether oxygens (including phenoxy) is 2. The average Bonchev–Trinajstić information content (AvgIpc) is 2.44. The van der Waals surface area contributed by atoms with Crippen molar-refractivity contribution in [2.24, 2.45) is 5.73 Å². The van der Waals surface area contributed by atoms with Crippen LogP contribution in [0.25, 0.3) is 0 Å². The van der Waals surface area contributed by atoms with Crippen molar-refractivity contribution in [2.45, 2.75) is 19.4 Å². The Hall–Kier alpha value is -2.57. The van der Waals surface area contributed by atoms with E-state index in [0.29, 0.717) is 5.75 Å². The topological polar surface area (TPSA) is 108 Å². The molecule has 0 saturated carbocycles. The minimum atomic E-state index is -0.889. The van der Waals surface area contributed by atoms with Crippen LogP contribution >= 0.6 is 0 Å². The summed E-state index contributed by atoms with van der Waals surface area (Å²) < 4.78 is 9.63. The highest BCUT2D eigenvalue weighted by atomic mass is 16.5. The van der Waals surface area contributed by atoms with Crippen molar-refractivity contribution in [1.82, 2.24) is 5.32 Å². The van der Waals surface area contributed by atoms with Gasteiger partial charge < -0.3 is 20.5 Å². The molecular formula is C14H18N2O5. The largest absolute Gasteiger partial charge is 0.497 e. The number of hydrogen-bond donors (Lipinski definition) is 2. The van der Waals surface area contributed by atoms with Crippen molar-refractivity contribution in [3.05, 3.63) is 29.8 Å². The van der Waals surface area contributed by atoms with E-state index < -0.39 is 30.4 Å². The highest BCUT2D eigenvalue weighted by Gasteiger charge is 2.19. The maximum atomic E-state index is 11.6. The molecule has 1 rings (SSSR count). The van der Waals surface area contributed by atoms with E-state index in [1.807, 2.05) is 0 Å². The van der Waals surface area contributed by atoms with Crippen LogP contribution in [-0.4, -0.2) is 37.5 Å². The predicted octanol–water partition coefficient (Wildman–Crippen LogP) is -0.229. The molecule has 0 fully saturated rings.